The van der Waals surface area contributed by atoms with Gasteiger partial charge in [-0.25, -0.2) is 4.98 Å². The molecule has 188 valence electrons. The Morgan fingerprint density at radius 1 is 1.09 bits per heavy atom. The summed E-state index contributed by atoms with van der Waals surface area (Å²) in [7, 11) is 0. The van der Waals surface area contributed by atoms with Gasteiger partial charge in [-0.05, 0) is 42.2 Å². The van der Waals surface area contributed by atoms with Crippen molar-refractivity contribution in [2.75, 3.05) is 19.7 Å². The van der Waals surface area contributed by atoms with E-state index in [1.54, 1.807) is 16.5 Å². The molecule has 7 nitrogen and oxygen atoms in total. The van der Waals surface area contributed by atoms with E-state index >= 15 is 0 Å². The molecule has 3 aromatic heterocycles. The van der Waals surface area contributed by atoms with Gasteiger partial charge in [0, 0.05) is 37.3 Å². The molecule has 0 amide bonds. The highest BCUT2D eigenvalue weighted by Gasteiger charge is 2.46. The molecule has 12 heteroatoms. The average Bonchev–Trinajstić information content (AvgIpc) is 3.38. The number of aromatic nitrogens is 4. The summed E-state index contributed by atoms with van der Waals surface area (Å²) in [6.45, 7) is 0.519. The van der Waals surface area contributed by atoms with Crippen molar-refractivity contribution >= 4 is 41.4 Å². The van der Waals surface area contributed by atoms with E-state index in [0.29, 0.717) is 42.1 Å². The standard InChI is InChI=1S/C23H23F3N6O.2ClH/c24-23(25,26)21(31-9-7-17(27)13-31)16-4-6-20-29-30-22(32(20)12-16)18-5-3-15-2-1-14(8-10-33)11-19(15)28-18;;/h1-6,11-12,17,21,33H,7-10,13,27H2;2*1H/t17?,21-;;/m1../s1. The normalized spacial score (nSPS) is 17.3. The van der Waals surface area contributed by atoms with Crippen LogP contribution in [0.3, 0.4) is 0 Å². The van der Waals surface area contributed by atoms with Crippen molar-refractivity contribution in [3.05, 3.63) is 59.8 Å². The number of pyridine rings is 2. The van der Waals surface area contributed by atoms with Gasteiger partial charge < -0.3 is 10.8 Å². The molecule has 0 radical (unpaired) electrons. The number of likely N-dealkylation sites (tertiary alicyclic amines) is 1. The summed E-state index contributed by atoms with van der Waals surface area (Å²) in [5.41, 5.74) is 8.58. The van der Waals surface area contributed by atoms with Crippen molar-refractivity contribution in [3.63, 3.8) is 0 Å². The van der Waals surface area contributed by atoms with Gasteiger partial charge in [0.1, 0.15) is 11.7 Å². The third-order valence-electron chi connectivity index (χ3n) is 6.06. The van der Waals surface area contributed by atoms with E-state index in [4.69, 9.17) is 5.73 Å². The summed E-state index contributed by atoms with van der Waals surface area (Å²) in [6, 6.07) is 10.4. The summed E-state index contributed by atoms with van der Waals surface area (Å²) in [5, 5.41) is 18.4. The van der Waals surface area contributed by atoms with Crippen LogP contribution in [0.1, 0.15) is 23.6 Å². The van der Waals surface area contributed by atoms with Crippen LogP contribution >= 0.6 is 24.8 Å². The Kier molecular flexibility index (Phi) is 8.23. The summed E-state index contributed by atoms with van der Waals surface area (Å²) < 4.78 is 43.7. The highest BCUT2D eigenvalue weighted by atomic mass is 35.5. The van der Waals surface area contributed by atoms with Crippen LogP contribution in [0.4, 0.5) is 13.2 Å². The lowest BCUT2D eigenvalue weighted by molar-refractivity contribution is -0.183. The minimum absolute atomic E-state index is 0. The number of aliphatic hydroxyl groups is 1. The Hall–Kier alpha value is -2.50. The van der Waals surface area contributed by atoms with Crippen molar-refractivity contribution in [2.45, 2.75) is 31.1 Å². The van der Waals surface area contributed by atoms with Crippen LogP contribution in [0.15, 0.2) is 48.7 Å². The molecule has 1 aliphatic heterocycles. The van der Waals surface area contributed by atoms with Gasteiger partial charge in [0.2, 0.25) is 0 Å². The maximum Gasteiger partial charge on any atom is 0.408 e. The Bertz CT molecular complexity index is 1320. The lowest BCUT2D eigenvalue weighted by Gasteiger charge is -2.30. The van der Waals surface area contributed by atoms with Crippen molar-refractivity contribution in [2.24, 2.45) is 5.73 Å². The molecule has 1 fully saturated rings. The molecule has 1 unspecified atom stereocenters. The topological polar surface area (TPSA) is 92.6 Å². The molecule has 0 aliphatic carbocycles. The number of nitrogens with two attached hydrogens (primary N) is 1. The molecule has 0 spiro atoms. The zero-order valence-electron chi connectivity index (χ0n) is 18.5. The molecule has 4 heterocycles. The summed E-state index contributed by atoms with van der Waals surface area (Å²) in [5.74, 6) is 0.361. The SMILES string of the molecule is Cl.Cl.NC1CCN([C@H](c2ccc3nnc(-c4ccc5ccc(CCO)cc5n4)n3c2)C(F)(F)F)C1. The fraction of sp³-hybridized carbons (Fsp3) is 0.348. The fourth-order valence-electron chi connectivity index (χ4n) is 4.47. The smallest absolute Gasteiger partial charge is 0.396 e. The van der Waals surface area contributed by atoms with Crippen molar-refractivity contribution in [3.8, 4) is 11.5 Å². The average molecular weight is 529 g/mol. The predicted octanol–water partition coefficient (Wildman–Crippen LogP) is 3.96. The van der Waals surface area contributed by atoms with Crippen LogP contribution in [0.25, 0.3) is 28.1 Å². The van der Waals surface area contributed by atoms with E-state index in [1.165, 1.54) is 17.2 Å². The Labute approximate surface area is 212 Å². The van der Waals surface area contributed by atoms with E-state index in [1.807, 2.05) is 24.3 Å². The van der Waals surface area contributed by atoms with Crippen LogP contribution in [0.2, 0.25) is 0 Å². The summed E-state index contributed by atoms with van der Waals surface area (Å²) >= 11 is 0. The first-order chi connectivity index (χ1) is 15.8. The third kappa shape index (κ3) is 5.36. The number of aliphatic hydroxyl groups excluding tert-OH is 1. The minimum atomic E-state index is -4.45. The zero-order chi connectivity index (χ0) is 23.2. The zero-order valence-corrected chi connectivity index (χ0v) is 20.2. The molecule has 35 heavy (non-hydrogen) atoms. The number of hydrogen-bond acceptors (Lipinski definition) is 6. The fourth-order valence-corrected chi connectivity index (χ4v) is 4.47. The highest BCUT2D eigenvalue weighted by molar-refractivity contribution is 5.85. The van der Waals surface area contributed by atoms with Gasteiger partial charge in [-0.1, -0.05) is 24.3 Å². The molecular formula is C23H25Cl2F3N6O. The first-order valence-electron chi connectivity index (χ1n) is 10.8. The number of halogens is 5. The van der Waals surface area contributed by atoms with Crippen LogP contribution < -0.4 is 5.73 Å². The van der Waals surface area contributed by atoms with E-state index in [9.17, 15) is 18.3 Å². The first kappa shape index (κ1) is 27.1. The quantitative estimate of drug-likeness (QED) is 0.407. The second-order valence-electron chi connectivity index (χ2n) is 8.40. The molecule has 4 aromatic rings. The molecule has 3 N–H and O–H groups in total. The van der Waals surface area contributed by atoms with Crippen molar-refractivity contribution in [1.82, 2.24) is 24.5 Å². The monoisotopic (exact) mass is 528 g/mol. The third-order valence-corrected chi connectivity index (χ3v) is 6.06. The second-order valence-corrected chi connectivity index (χ2v) is 8.40. The van der Waals surface area contributed by atoms with Gasteiger partial charge in [-0.2, -0.15) is 13.2 Å². The molecule has 5 rings (SSSR count). The predicted molar refractivity (Wildman–Crippen MR) is 132 cm³/mol. The molecule has 1 aliphatic rings. The van der Waals surface area contributed by atoms with Gasteiger partial charge in [-0.3, -0.25) is 9.30 Å². The van der Waals surface area contributed by atoms with E-state index in [-0.39, 0.29) is 49.6 Å². The van der Waals surface area contributed by atoms with Crippen LogP contribution in [0, 0.1) is 0 Å². The van der Waals surface area contributed by atoms with Crippen LogP contribution in [0.5, 0.6) is 0 Å². The molecule has 2 atom stereocenters. The van der Waals surface area contributed by atoms with Crippen LogP contribution in [-0.4, -0.2) is 61.5 Å². The Balaban J connectivity index is 0.00000171. The molecule has 1 aromatic carbocycles. The molecule has 0 saturated carbocycles. The van der Waals surface area contributed by atoms with Crippen molar-refractivity contribution in [1.29, 1.82) is 0 Å². The number of benzene rings is 1. The minimum Gasteiger partial charge on any atom is -0.396 e. The number of nitrogens with zero attached hydrogens (tertiary/aromatic N) is 5. The largest absolute Gasteiger partial charge is 0.408 e. The Morgan fingerprint density at radius 3 is 2.54 bits per heavy atom. The second kappa shape index (κ2) is 10.6. The maximum atomic E-state index is 14.1. The van der Waals surface area contributed by atoms with E-state index < -0.39 is 12.2 Å². The Morgan fingerprint density at radius 2 is 1.86 bits per heavy atom. The van der Waals surface area contributed by atoms with Crippen LogP contribution in [-0.2, 0) is 6.42 Å². The van der Waals surface area contributed by atoms with Gasteiger partial charge in [0.25, 0.3) is 0 Å². The maximum absolute atomic E-state index is 14.1. The first-order valence-corrected chi connectivity index (χ1v) is 10.8. The van der Waals surface area contributed by atoms with E-state index in [2.05, 4.69) is 15.2 Å². The number of alkyl halides is 3. The number of rotatable bonds is 5. The van der Waals surface area contributed by atoms with Gasteiger partial charge in [-0.15, -0.1) is 35.0 Å². The van der Waals surface area contributed by atoms with E-state index in [0.717, 1.165) is 10.9 Å². The number of fused-ring (bicyclic) bond motifs is 2. The van der Waals surface area contributed by atoms with Gasteiger partial charge in [0.15, 0.2) is 11.5 Å². The van der Waals surface area contributed by atoms with Crippen molar-refractivity contribution < 1.29 is 18.3 Å². The summed E-state index contributed by atoms with van der Waals surface area (Å²) in [4.78, 5) is 6.05. The lowest BCUT2D eigenvalue weighted by Crippen LogP contribution is -2.38. The highest BCUT2D eigenvalue weighted by Crippen LogP contribution is 2.39. The number of hydrogen-bond donors (Lipinski definition) is 2. The summed E-state index contributed by atoms with van der Waals surface area (Å²) in [6.07, 6.45) is -1.96. The molecule has 1 saturated heterocycles. The van der Waals surface area contributed by atoms with Gasteiger partial charge >= 0.3 is 6.18 Å². The molecular weight excluding hydrogens is 504 g/mol. The lowest BCUT2D eigenvalue weighted by atomic mass is 10.1. The van der Waals surface area contributed by atoms with Gasteiger partial charge in [0.05, 0.1) is 5.52 Å². The molecule has 0 bridgehead atoms.